The maximum atomic E-state index is 5.78. The lowest BCUT2D eigenvalue weighted by molar-refractivity contribution is 0.361. The Bertz CT molecular complexity index is 478. The maximum absolute atomic E-state index is 5.78. The van der Waals surface area contributed by atoms with Gasteiger partial charge in [-0.2, -0.15) is 5.10 Å². The van der Waals surface area contributed by atoms with Gasteiger partial charge in [-0.3, -0.25) is 4.68 Å². The Morgan fingerprint density at radius 2 is 1.75 bits per heavy atom. The highest BCUT2D eigenvalue weighted by molar-refractivity contribution is 5.62. The van der Waals surface area contributed by atoms with Gasteiger partial charge >= 0.3 is 0 Å². The number of anilines is 1. The van der Waals surface area contributed by atoms with E-state index < -0.39 is 0 Å². The van der Waals surface area contributed by atoms with E-state index in [-0.39, 0.29) is 5.54 Å². The molecule has 1 heterocycles. The average molecular weight is 215 g/mol. The Balaban J connectivity index is 2.58. The first-order chi connectivity index (χ1) is 7.48. The van der Waals surface area contributed by atoms with Crippen LogP contribution in [0.25, 0.3) is 11.3 Å². The molecule has 0 atom stereocenters. The summed E-state index contributed by atoms with van der Waals surface area (Å²) in [5.41, 5.74) is 7.92. The SMILES string of the molecule is CC(C)(C)n1nc(N)cc1-c1ccccc1. The fraction of sp³-hybridized carbons (Fsp3) is 0.308. The second-order valence-electron chi connectivity index (χ2n) is 4.90. The van der Waals surface area contributed by atoms with Crippen molar-refractivity contribution in [2.24, 2.45) is 0 Å². The van der Waals surface area contributed by atoms with Crippen LogP contribution in [0, 0.1) is 0 Å². The minimum atomic E-state index is -0.0667. The number of nitrogens with two attached hydrogens (primary N) is 1. The third-order valence-electron chi connectivity index (χ3n) is 2.43. The lowest BCUT2D eigenvalue weighted by atomic mass is 10.1. The minimum absolute atomic E-state index is 0.0667. The van der Waals surface area contributed by atoms with E-state index in [4.69, 9.17) is 5.73 Å². The molecule has 0 saturated carbocycles. The van der Waals surface area contributed by atoms with Gasteiger partial charge < -0.3 is 5.73 Å². The van der Waals surface area contributed by atoms with E-state index in [9.17, 15) is 0 Å². The standard InChI is InChI=1S/C13H17N3/c1-13(2,3)16-11(9-12(14)15-16)10-7-5-4-6-8-10/h4-9H,1-3H3,(H2,14,15). The average Bonchev–Trinajstić information content (AvgIpc) is 2.61. The van der Waals surface area contributed by atoms with Crippen molar-refractivity contribution in [1.82, 2.24) is 9.78 Å². The number of rotatable bonds is 1. The van der Waals surface area contributed by atoms with Crippen molar-refractivity contribution in [2.75, 3.05) is 5.73 Å². The van der Waals surface area contributed by atoms with Gasteiger partial charge in [-0.25, -0.2) is 0 Å². The first-order valence-corrected chi connectivity index (χ1v) is 5.40. The van der Waals surface area contributed by atoms with Crippen LogP contribution in [0.2, 0.25) is 0 Å². The predicted octanol–water partition coefficient (Wildman–Crippen LogP) is 2.89. The summed E-state index contributed by atoms with van der Waals surface area (Å²) in [5.74, 6) is 0.564. The van der Waals surface area contributed by atoms with E-state index in [0.29, 0.717) is 5.82 Å². The molecule has 1 aromatic heterocycles. The van der Waals surface area contributed by atoms with Crippen molar-refractivity contribution in [1.29, 1.82) is 0 Å². The van der Waals surface area contributed by atoms with Crippen molar-refractivity contribution in [3.63, 3.8) is 0 Å². The molecule has 0 fully saturated rings. The number of hydrogen-bond acceptors (Lipinski definition) is 2. The number of aromatic nitrogens is 2. The monoisotopic (exact) mass is 215 g/mol. The molecule has 84 valence electrons. The summed E-state index contributed by atoms with van der Waals surface area (Å²) in [4.78, 5) is 0. The van der Waals surface area contributed by atoms with E-state index in [1.54, 1.807) is 0 Å². The number of hydrogen-bond donors (Lipinski definition) is 1. The van der Waals surface area contributed by atoms with E-state index in [0.717, 1.165) is 11.3 Å². The van der Waals surface area contributed by atoms with Gasteiger partial charge in [0.05, 0.1) is 11.2 Å². The van der Waals surface area contributed by atoms with Gasteiger partial charge in [0.15, 0.2) is 0 Å². The zero-order valence-corrected chi connectivity index (χ0v) is 9.94. The number of nitrogen functional groups attached to an aromatic ring is 1. The molecule has 0 amide bonds. The van der Waals surface area contributed by atoms with Crippen LogP contribution in [-0.2, 0) is 5.54 Å². The van der Waals surface area contributed by atoms with Crippen molar-refractivity contribution in [3.05, 3.63) is 36.4 Å². The predicted molar refractivity (Wildman–Crippen MR) is 67.1 cm³/mol. The van der Waals surface area contributed by atoms with Gasteiger partial charge in [0.1, 0.15) is 5.82 Å². The van der Waals surface area contributed by atoms with Crippen LogP contribution in [-0.4, -0.2) is 9.78 Å². The minimum Gasteiger partial charge on any atom is -0.382 e. The summed E-state index contributed by atoms with van der Waals surface area (Å²) in [6.45, 7) is 6.35. The zero-order valence-electron chi connectivity index (χ0n) is 9.94. The van der Waals surface area contributed by atoms with Gasteiger partial charge in [-0.15, -0.1) is 0 Å². The van der Waals surface area contributed by atoms with Gasteiger partial charge in [0, 0.05) is 6.07 Å². The first kappa shape index (κ1) is 10.7. The van der Waals surface area contributed by atoms with E-state index >= 15 is 0 Å². The molecule has 2 rings (SSSR count). The number of nitrogens with zero attached hydrogens (tertiary/aromatic N) is 2. The summed E-state index contributed by atoms with van der Waals surface area (Å²) in [6, 6.07) is 12.1. The summed E-state index contributed by atoms with van der Waals surface area (Å²) >= 11 is 0. The lowest BCUT2D eigenvalue weighted by Crippen LogP contribution is -2.24. The number of benzene rings is 1. The first-order valence-electron chi connectivity index (χ1n) is 5.40. The molecule has 3 nitrogen and oxygen atoms in total. The summed E-state index contributed by atoms with van der Waals surface area (Å²) in [7, 11) is 0. The third-order valence-corrected chi connectivity index (χ3v) is 2.43. The molecule has 0 unspecified atom stereocenters. The van der Waals surface area contributed by atoms with Gasteiger partial charge in [0.2, 0.25) is 0 Å². The fourth-order valence-corrected chi connectivity index (χ4v) is 1.73. The van der Waals surface area contributed by atoms with E-state index in [2.05, 4.69) is 38.0 Å². The second kappa shape index (κ2) is 3.67. The summed E-state index contributed by atoms with van der Waals surface area (Å²) < 4.78 is 1.97. The summed E-state index contributed by atoms with van der Waals surface area (Å²) in [5, 5.41) is 4.35. The topological polar surface area (TPSA) is 43.8 Å². The molecule has 2 N–H and O–H groups in total. The highest BCUT2D eigenvalue weighted by atomic mass is 15.3. The lowest BCUT2D eigenvalue weighted by Gasteiger charge is -2.22. The molecule has 0 aliphatic heterocycles. The molecule has 16 heavy (non-hydrogen) atoms. The maximum Gasteiger partial charge on any atom is 0.146 e. The Labute approximate surface area is 95.9 Å². The van der Waals surface area contributed by atoms with Crippen molar-refractivity contribution < 1.29 is 0 Å². The Kier molecular flexibility index (Phi) is 2.46. The van der Waals surface area contributed by atoms with E-state index in [1.165, 1.54) is 0 Å². The molecule has 0 spiro atoms. The Morgan fingerprint density at radius 3 is 2.31 bits per heavy atom. The molecule has 0 radical (unpaired) electrons. The molecular weight excluding hydrogens is 198 g/mol. The largest absolute Gasteiger partial charge is 0.382 e. The fourth-order valence-electron chi connectivity index (χ4n) is 1.73. The molecule has 0 bridgehead atoms. The van der Waals surface area contributed by atoms with Crippen LogP contribution in [0.5, 0.6) is 0 Å². The van der Waals surface area contributed by atoms with Gasteiger partial charge in [-0.1, -0.05) is 30.3 Å². The van der Waals surface area contributed by atoms with Crippen LogP contribution in [0.3, 0.4) is 0 Å². The van der Waals surface area contributed by atoms with Crippen LogP contribution in [0.1, 0.15) is 20.8 Å². The molecule has 0 aliphatic carbocycles. The molecular formula is C13H17N3. The summed E-state index contributed by atoms with van der Waals surface area (Å²) in [6.07, 6.45) is 0. The second-order valence-corrected chi connectivity index (χ2v) is 4.90. The quantitative estimate of drug-likeness (QED) is 0.795. The van der Waals surface area contributed by atoms with Crippen LogP contribution < -0.4 is 5.73 Å². The molecule has 0 saturated heterocycles. The molecule has 3 heteroatoms. The molecule has 1 aromatic carbocycles. The smallest absolute Gasteiger partial charge is 0.146 e. The zero-order chi connectivity index (χ0) is 11.8. The normalized spacial score (nSPS) is 11.7. The van der Waals surface area contributed by atoms with Crippen molar-refractivity contribution >= 4 is 5.82 Å². The van der Waals surface area contributed by atoms with Crippen LogP contribution >= 0.6 is 0 Å². The molecule has 2 aromatic rings. The van der Waals surface area contributed by atoms with Gasteiger partial charge in [-0.05, 0) is 26.3 Å². The molecule has 0 aliphatic rings. The Morgan fingerprint density at radius 1 is 1.12 bits per heavy atom. The van der Waals surface area contributed by atoms with Crippen LogP contribution in [0.4, 0.5) is 5.82 Å². The van der Waals surface area contributed by atoms with Crippen LogP contribution in [0.15, 0.2) is 36.4 Å². The third kappa shape index (κ3) is 1.94. The highest BCUT2D eigenvalue weighted by Crippen LogP contribution is 2.26. The highest BCUT2D eigenvalue weighted by Gasteiger charge is 2.19. The Hall–Kier alpha value is -1.77. The van der Waals surface area contributed by atoms with Crippen molar-refractivity contribution in [3.8, 4) is 11.3 Å². The van der Waals surface area contributed by atoms with Gasteiger partial charge in [0.25, 0.3) is 0 Å². The van der Waals surface area contributed by atoms with Crippen molar-refractivity contribution in [2.45, 2.75) is 26.3 Å². The van der Waals surface area contributed by atoms with E-state index in [1.807, 2.05) is 28.9 Å².